The minimum absolute atomic E-state index is 0.103. The average molecular weight is 494 g/mol. The molecule has 0 bridgehead atoms. The number of ketones is 1. The van der Waals surface area contributed by atoms with Crippen LogP contribution in [-0.4, -0.2) is 15.8 Å². The van der Waals surface area contributed by atoms with Crippen molar-refractivity contribution in [1.29, 1.82) is 0 Å². The Labute approximate surface area is 192 Å². The molecule has 7 heteroatoms. The van der Waals surface area contributed by atoms with Crippen LogP contribution in [0.2, 0.25) is 0 Å². The SMILES string of the molecule is O=C1CCCC2=C1C(c1cccc(Br)c1)c1c(nc(SCc3ccccc3)[nH]c1=O)N2. The Hall–Kier alpha value is -2.64. The lowest BCUT2D eigenvalue weighted by Crippen LogP contribution is -2.32. The monoisotopic (exact) mass is 493 g/mol. The summed E-state index contributed by atoms with van der Waals surface area (Å²) in [7, 11) is 0. The van der Waals surface area contributed by atoms with E-state index in [9.17, 15) is 9.59 Å². The number of thioether (sulfide) groups is 1. The number of nitrogens with zero attached hydrogens (tertiary/aromatic N) is 1. The first-order chi connectivity index (χ1) is 15.1. The second-order valence-corrected chi connectivity index (χ2v) is 9.57. The van der Waals surface area contributed by atoms with Gasteiger partial charge in [-0.3, -0.25) is 9.59 Å². The van der Waals surface area contributed by atoms with Gasteiger partial charge in [0.05, 0.1) is 5.56 Å². The van der Waals surface area contributed by atoms with E-state index in [4.69, 9.17) is 4.98 Å². The van der Waals surface area contributed by atoms with Crippen molar-refractivity contribution in [2.24, 2.45) is 0 Å². The van der Waals surface area contributed by atoms with Crippen LogP contribution in [0, 0.1) is 0 Å². The normalized spacial score (nSPS) is 17.7. The van der Waals surface area contributed by atoms with Gasteiger partial charge in [0.1, 0.15) is 5.82 Å². The van der Waals surface area contributed by atoms with E-state index in [0.717, 1.165) is 34.1 Å². The summed E-state index contributed by atoms with van der Waals surface area (Å²) in [6, 6.07) is 17.9. The van der Waals surface area contributed by atoms with Gasteiger partial charge in [0.15, 0.2) is 10.9 Å². The number of allylic oxidation sites excluding steroid dienone is 2. The third kappa shape index (κ3) is 4.00. The van der Waals surface area contributed by atoms with Gasteiger partial charge in [-0.1, -0.05) is 70.2 Å². The number of carbonyl (C=O) groups is 1. The molecule has 156 valence electrons. The number of hydrogen-bond acceptors (Lipinski definition) is 5. The van der Waals surface area contributed by atoms with Crippen LogP contribution in [0.1, 0.15) is 41.9 Å². The van der Waals surface area contributed by atoms with Crippen LogP contribution < -0.4 is 10.9 Å². The highest BCUT2D eigenvalue weighted by Crippen LogP contribution is 2.43. The average Bonchev–Trinajstić information content (AvgIpc) is 2.77. The van der Waals surface area contributed by atoms with Crippen LogP contribution in [0.15, 0.2) is 80.3 Å². The Kier molecular flexibility index (Phi) is 5.54. The predicted octanol–water partition coefficient (Wildman–Crippen LogP) is 5.39. The Morgan fingerprint density at radius 1 is 1.06 bits per heavy atom. The Balaban J connectivity index is 1.58. The molecule has 2 heterocycles. The van der Waals surface area contributed by atoms with E-state index < -0.39 is 5.92 Å². The number of benzene rings is 2. The van der Waals surface area contributed by atoms with Gasteiger partial charge in [0, 0.05) is 33.8 Å². The number of nitrogens with one attached hydrogen (secondary N) is 2. The number of Topliss-reactive ketones (excluding diaryl/α,β-unsaturated/α-hetero) is 1. The maximum absolute atomic E-state index is 13.3. The summed E-state index contributed by atoms with van der Waals surface area (Å²) in [6.45, 7) is 0. The standard InChI is InChI=1S/C24H20BrN3O2S/c25-16-9-4-8-15(12-16)19-20-17(10-5-11-18(20)29)26-22-21(19)23(30)28-24(27-22)31-13-14-6-2-1-3-7-14/h1-4,6-9,12,19H,5,10-11,13H2,(H2,26,27,28,30). The number of aromatic amines is 1. The van der Waals surface area contributed by atoms with Crippen LogP contribution >= 0.6 is 27.7 Å². The molecular formula is C24H20BrN3O2S. The molecule has 1 aliphatic carbocycles. The van der Waals surface area contributed by atoms with Crippen molar-refractivity contribution < 1.29 is 4.79 Å². The lowest BCUT2D eigenvalue weighted by Gasteiger charge is -2.32. The molecule has 2 N–H and O–H groups in total. The minimum atomic E-state index is -0.416. The quantitative estimate of drug-likeness (QED) is 0.376. The molecule has 5 rings (SSSR count). The molecule has 0 radical (unpaired) electrons. The molecule has 0 saturated carbocycles. The number of anilines is 1. The molecule has 1 unspecified atom stereocenters. The molecule has 1 atom stereocenters. The predicted molar refractivity (Wildman–Crippen MR) is 126 cm³/mol. The van der Waals surface area contributed by atoms with Gasteiger partial charge in [-0.2, -0.15) is 0 Å². The molecule has 2 aliphatic rings. The van der Waals surface area contributed by atoms with Crippen LogP contribution in [0.3, 0.4) is 0 Å². The zero-order valence-electron chi connectivity index (χ0n) is 16.7. The highest BCUT2D eigenvalue weighted by molar-refractivity contribution is 9.10. The van der Waals surface area contributed by atoms with Gasteiger partial charge < -0.3 is 10.3 Å². The van der Waals surface area contributed by atoms with Crippen LogP contribution in [0.5, 0.6) is 0 Å². The van der Waals surface area contributed by atoms with Gasteiger partial charge >= 0.3 is 0 Å². The summed E-state index contributed by atoms with van der Waals surface area (Å²) >= 11 is 5.02. The second-order valence-electron chi connectivity index (χ2n) is 7.69. The fourth-order valence-corrected chi connectivity index (χ4v) is 5.49. The van der Waals surface area contributed by atoms with Crippen molar-refractivity contribution in [3.05, 3.63) is 97.4 Å². The molecule has 1 aliphatic heterocycles. The molecule has 0 saturated heterocycles. The first kappa shape index (κ1) is 20.3. The first-order valence-electron chi connectivity index (χ1n) is 10.2. The van der Waals surface area contributed by atoms with E-state index in [0.29, 0.717) is 34.3 Å². The summed E-state index contributed by atoms with van der Waals surface area (Å²) in [5.74, 6) is 0.953. The van der Waals surface area contributed by atoms with E-state index in [1.807, 2.05) is 42.5 Å². The van der Waals surface area contributed by atoms with Crippen LogP contribution in [0.25, 0.3) is 0 Å². The van der Waals surface area contributed by atoms with Crippen molar-refractivity contribution >= 4 is 39.3 Å². The number of halogens is 1. The maximum Gasteiger partial charge on any atom is 0.257 e. The number of fused-ring (bicyclic) bond motifs is 1. The number of hydrogen-bond donors (Lipinski definition) is 2. The third-order valence-electron chi connectivity index (χ3n) is 5.64. The van der Waals surface area contributed by atoms with Crippen molar-refractivity contribution in [2.75, 3.05) is 5.32 Å². The van der Waals surface area contributed by atoms with Gasteiger partial charge in [-0.25, -0.2) is 4.98 Å². The minimum Gasteiger partial charge on any atom is -0.343 e. The highest BCUT2D eigenvalue weighted by Gasteiger charge is 2.37. The zero-order chi connectivity index (χ0) is 21.4. The summed E-state index contributed by atoms with van der Waals surface area (Å²) in [5, 5.41) is 3.89. The third-order valence-corrected chi connectivity index (χ3v) is 7.07. The van der Waals surface area contributed by atoms with Crippen molar-refractivity contribution in [2.45, 2.75) is 36.1 Å². The Bertz CT molecular complexity index is 1250. The first-order valence-corrected chi connectivity index (χ1v) is 12.0. The zero-order valence-corrected chi connectivity index (χ0v) is 19.1. The summed E-state index contributed by atoms with van der Waals surface area (Å²) in [6.07, 6.45) is 2.10. The molecule has 0 spiro atoms. The molecular weight excluding hydrogens is 474 g/mol. The fourth-order valence-electron chi connectivity index (χ4n) is 4.25. The summed E-state index contributed by atoms with van der Waals surface area (Å²) in [5.41, 5.74) is 3.98. The van der Waals surface area contributed by atoms with Crippen LogP contribution in [0.4, 0.5) is 5.82 Å². The smallest absolute Gasteiger partial charge is 0.257 e. The van der Waals surface area contributed by atoms with E-state index in [2.05, 4.69) is 38.4 Å². The van der Waals surface area contributed by atoms with E-state index >= 15 is 0 Å². The number of rotatable bonds is 4. The number of H-pyrrole nitrogens is 1. The highest BCUT2D eigenvalue weighted by atomic mass is 79.9. The largest absolute Gasteiger partial charge is 0.343 e. The molecule has 2 aromatic carbocycles. The molecule has 0 fully saturated rings. The van der Waals surface area contributed by atoms with Gasteiger partial charge in [-0.15, -0.1) is 0 Å². The van der Waals surface area contributed by atoms with Crippen molar-refractivity contribution in [3.63, 3.8) is 0 Å². The van der Waals surface area contributed by atoms with Gasteiger partial charge in [-0.05, 0) is 36.1 Å². The van der Waals surface area contributed by atoms with Gasteiger partial charge in [0.25, 0.3) is 5.56 Å². The summed E-state index contributed by atoms with van der Waals surface area (Å²) in [4.78, 5) is 33.8. The molecule has 0 amide bonds. The molecule has 31 heavy (non-hydrogen) atoms. The van der Waals surface area contributed by atoms with Crippen LogP contribution in [-0.2, 0) is 10.5 Å². The summed E-state index contributed by atoms with van der Waals surface area (Å²) < 4.78 is 0.912. The van der Waals surface area contributed by atoms with E-state index in [-0.39, 0.29) is 11.3 Å². The Morgan fingerprint density at radius 3 is 2.71 bits per heavy atom. The lowest BCUT2D eigenvalue weighted by molar-refractivity contribution is -0.116. The molecule has 1 aromatic heterocycles. The van der Waals surface area contributed by atoms with Crippen molar-refractivity contribution in [1.82, 2.24) is 9.97 Å². The number of carbonyl (C=O) groups excluding carboxylic acids is 1. The second kappa shape index (κ2) is 8.48. The molecule has 5 nitrogen and oxygen atoms in total. The van der Waals surface area contributed by atoms with Crippen molar-refractivity contribution in [3.8, 4) is 0 Å². The van der Waals surface area contributed by atoms with Gasteiger partial charge in [0.2, 0.25) is 0 Å². The molecule has 3 aromatic rings. The maximum atomic E-state index is 13.3. The Morgan fingerprint density at radius 2 is 1.90 bits per heavy atom. The van der Waals surface area contributed by atoms with E-state index in [1.165, 1.54) is 11.8 Å². The topological polar surface area (TPSA) is 74.8 Å². The lowest BCUT2D eigenvalue weighted by atomic mass is 9.76. The number of aromatic nitrogens is 2. The fraction of sp³-hybridized carbons (Fsp3) is 0.208. The van der Waals surface area contributed by atoms with E-state index in [1.54, 1.807) is 0 Å².